The summed E-state index contributed by atoms with van der Waals surface area (Å²) in [4.78, 5) is 0. The SMILES string of the molecule is CC(C)c1cc(Br)ccc1OCC1CC1. The molecule has 0 spiro atoms. The van der Waals surface area contributed by atoms with Gasteiger partial charge >= 0.3 is 0 Å². The second kappa shape index (κ2) is 4.56. The molecule has 0 heterocycles. The average molecular weight is 269 g/mol. The fraction of sp³-hybridized carbons (Fsp3) is 0.538. The van der Waals surface area contributed by atoms with Crippen molar-refractivity contribution < 1.29 is 4.74 Å². The van der Waals surface area contributed by atoms with Crippen molar-refractivity contribution in [3.63, 3.8) is 0 Å². The molecule has 1 aromatic rings. The van der Waals surface area contributed by atoms with Gasteiger partial charge in [0.15, 0.2) is 0 Å². The third-order valence-electron chi connectivity index (χ3n) is 2.77. The van der Waals surface area contributed by atoms with E-state index in [1.54, 1.807) is 0 Å². The van der Waals surface area contributed by atoms with E-state index in [0.29, 0.717) is 5.92 Å². The lowest BCUT2D eigenvalue weighted by Gasteiger charge is -2.14. The Morgan fingerprint density at radius 1 is 1.40 bits per heavy atom. The zero-order chi connectivity index (χ0) is 10.8. The minimum atomic E-state index is 0.511. The minimum absolute atomic E-state index is 0.511. The normalized spacial score (nSPS) is 15.7. The van der Waals surface area contributed by atoms with Crippen LogP contribution in [0.2, 0.25) is 0 Å². The maximum absolute atomic E-state index is 5.86. The fourth-order valence-electron chi connectivity index (χ4n) is 1.59. The summed E-state index contributed by atoms with van der Waals surface area (Å²) in [6.07, 6.45) is 2.68. The van der Waals surface area contributed by atoms with Gasteiger partial charge in [0, 0.05) is 4.47 Å². The summed E-state index contributed by atoms with van der Waals surface area (Å²) in [6.45, 7) is 5.29. The van der Waals surface area contributed by atoms with Crippen LogP contribution in [0.1, 0.15) is 38.2 Å². The van der Waals surface area contributed by atoms with Gasteiger partial charge in [0.1, 0.15) is 5.75 Å². The quantitative estimate of drug-likeness (QED) is 0.789. The van der Waals surface area contributed by atoms with E-state index in [1.165, 1.54) is 18.4 Å². The molecule has 0 aliphatic heterocycles. The molecule has 0 radical (unpaired) electrons. The lowest BCUT2D eigenvalue weighted by atomic mass is 10.0. The average Bonchev–Trinajstić information content (AvgIpc) is 2.99. The third-order valence-corrected chi connectivity index (χ3v) is 3.26. The van der Waals surface area contributed by atoms with Crippen LogP contribution in [0, 0.1) is 5.92 Å². The summed E-state index contributed by atoms with van der Waals surface area (Å²) >= 11 is 3.50. The summed E-state index contributed by atoms with van der Waals surface area (Å²) < 4.78 is 6.99. The van der Waals surface area contributed by atoms with Gasteiger partial charge in [0.05, 0.1) is 6.61 Å². The summed E-state index contributed by atoms with van der Waals surface area (Å²) in [6, 6.07) is 6.28. The van der Waals surface area contributed by atoms with Crippen molar-refractivity contribution in [1.82, 2.24) is 0 Å². The van der Waals surface area contributed by atoms with Gasteiger partial charge in [-0.1, -0.05) is 29.8 Å². The predicted molar refractivity (Wildman–Crippen MR) is 66.5 cm³/mol. The van der Waals surface area contributed by atoms with Gasteiger partial charge in [-0.15, -0.1) is 0 Å². The summed E-state index contributed by atoms with van der Waals surface area (Å²) in [5, 5.41) is 0. The number of benzene rings is 1. The molecular weight excluding hydrogens is 252 g/mol. The molecule has 1 fully saturated rings. The Morgan fingerprint density at radius 3 is 2.73 bits per heavy atom. The first-order valence-electron chi connectivity index (χ1n) is 5.59. The van der Waals surface area contributed by atoms with Crippen LogP contribution in [0.4, 0.5) is 0 Å². The molecular formula is C13H17BrO. The summed E-state index contributed by atoms with van der Waals surface area (Å²) in [5.74, 6) is 2.38. The molecule has 15 heavy (non-hydrogen) atoms. The highest BCUT2D eigenvalue weighted by atomic mass is 79.9. The molecule has 0 atom stereocenters. The van der Waals surface area contributed by atoms with E-state index in [4.69, 9.17) is 4.74 Å². The second-order valence-corrected chi connectivity index (χ2v) is 5.51. The van der Waals surface area contributed by atoms with Crippen LogP contribution in [-0.2, 0) is 0 Å². The number of hydrogen-bond acceptors (Lipinski definition) is 1. The van der Waals surface area contributed by atoms with E-state index in [1.807, 2.05) is 6.07 Å². The van der Waals surface area contributed by atoms with Gasteiger partial charge in [-0.3, -0.25) is 0 Å². The Labute approximate surface area is 100.0 Å². The van der Waals surface area contributed by atoms with Crippen molar-refractivity contribution >= 4 is 15.9 Å². The Bertz CT molecular complexity index is 342. The van der Waals surface area contributed by atoms with Crippen molar-refractivity contribution in [2.24, 2.45) is 5.92 Å². The Kier molecular flexibility index (Phi) is 3.35. The second-order valence-electron chi connectivity index (χ2n) is 4.59. The van der Waals surface area contributed by atoms with Crippen molar-refractivity contribution in [3.8, 4) is 5.75 Å². The van der Waals surface area contributed by atoms with Gasteiger partial charge in [-0.05, 0) is 48.4 Å². The summed E-state index contributed by atoms with van der Waals surface area (Å²) in [5.41, 5.74) is 1.30. The maximum Gasteiger partial charge on any atom is 0.122 e. The molecule has 0 amide bonds. The van der Waals surface area contributed by atoms with Gasteiger partial charge in [0.25, 0.3) is 0 Å². The van der Waals surface area contributed by atoms with E-state index in [-0.39, 0.29) is 0 Å². The van der Waals surface area contributed by atoms with Gasteiger partial charge in [-0.2, -0.15) is 0 Å². The molecule has 1 aliphatic carbocycles. The highest BCUT2D eigenvalue weighted by Gasteiger charge is 2.22. The van der Waals surface area contributed by atoms with Crippen LogP contribution >= 0.6 is 15.9 Å². The molecule has 0 saturated heterocycles. The van der Waals surface area contributed by atoms with Crippen LogP contribution in [-0.4, -0.2) is 6.61 Å². The van der Waals surface area contributed by atoms with Crippen LogP contribution in [0.3, 0.4) is 0 Å². The van der Waals surface area contributed by atoms with Crippen molar-refractivity contribution in [2.75, 3.05) is 6.61 Å². The standard InChI is InChI=1S/C13H17BrO/c1-9(2)12-7-11(14)5-6-13(12)15-8-10-3-4-10/h5-7,9-10H,3-4,8H2,1-2H3. The highest BCUT2D eigenvalue weighted by molar-refractivity contribution is 9.10. The first-order valence-corrected chi connectivity index (χ1v) is 6.38. The minimum Gasteiger partial charge on any atom is -0.493 e. The topological polar surface area (TPSA) is 9.23 Å². The summed E-state index contributed by atoms with van der Waals surface area (Å²) in [7, 11) is 0. The lowest BCUT2D eigenvalue weighted by Crippen LogP contribution is -2.02. The van der Waals surface area contributed by atoms with E-state index in [9.17, 15) is 0 Å². The lowest BCUT2D eigenvalue weighted by molar-refractivity contribution is 0.295. The van der Waals surface area contributed by atoms with Crippen molar-refractivity contribution in [2.45, 2.75) is 32.6 Å². The highest BCUT2D eigenvalue weighted by Crippen LogP contribution is 2.33. The molecule has 2 rings (SSSR count). The number of halogens is 1. The zero-order valence-electron chi connectivity index (χ0n) is 9.29. The first-order chi connectivity index (χ1) is 7.16. The molecule has 2 heteroatoms. The largest absolute Gasteiger partial charge is 0.493 e. The van der Waals surface area contributed by atoms with E-state index >= 15 is 0 Å². The molecule has 1 aromatic carbocycles. The van der Waals surface area contributed by atoms with Crippen LogP contribution in [0.15, 0.2) is 22.7 Å². The molecule has 1 saturated carbocycles. The molecule has 0 bridgehead atoms. The smallest absolute Gasteiger partial charge is 0.122 e. The number of ether oxygens (including phenoxy) is 1. The fourth-order valence-corrected chi connectivity index (χ4v) is 1.97. The van der Waals surface area contributed by atoms with E-state index in [0.717, 1.165) is 22.7 Å². The van der Waals surface area contributed by atoms with Crippen LogP contribution in [0.5, 0.6) is 5.75 Å². The van der Waals surface area contributed by atoms with Crippen molar-refractivity contribution in [3.05, 3.63) is 28.2 Å². The van der Waals surface area contributed by atoms with E-state index in [2.05, 4.69) is 41.9 Å². The monoisotopic (exact) mass is 268 g/mol. The van der Waals surface area contributed by atoms with Gasteiger partial charge < -0.3 is 4.74 Å². The predicted octanol–water partition coefficient (Wildman–Crippen LogP) is 4.36. The number of rotatable bonds is 4. The molecule has 1 nitrogen and oxygen atoms in total. The maximum atomic E-state index is 5.86. The molecule has 82 valence electrons. The van der Waals surface area contributed by atoms with Crippen LogP contribution in [0.25, 0.3) is 0 Å². The number of hydrogen-bond donors (Lipinski definition) is 0. The Hall–Kier alpha value is -0.500. The molecule has 0 unspecified atom stereocenters. The third kappa shape index (κ3) is 2.97. The first kappa shape index (κ1) is 11.0. The van der Waals surface area contributed by atoms with Gasteiger partial charge in [-0.25, -0.2) is 0 Å². The van der Waals surface area contributed by atoms with Crippen LogP contribution < -0.4 is 4.74 Å². The van der Waals surface area contributed by atoms with Gasteiger partial charge in [0.2, 0.25) is 0 Å². The Morgan fingerprint density at radius 2 is 2.13 bits per heavy atom. The molecule has 0 aromatic heterocycles. The van der Waals surface area contributed by atoms with E-state index < -0.39 is 0 Å². The Balaban J connectivity index is 2.12. The molecule has 0 N–H and O–H groups in total. The zero-order valence-corrected chi connectivity index (χ0v) is 10.9. The molecule has 1 aliphatic rings. The van der Waals surface area contributed by atoms with Crippen molar-refractivity contribution in [1.29, 1.82) is 0 Å².